The average molecular weight is 520 g/mol. The maximum absolute atomic E-state index is 15.7. The van der Waals surface area contributed by atoms with Crippen LogP contribution in [0.2, 0.25) is 0 Å². The summed E-state index contributed by atoms with van der Waals surface area (Å²) in [5.74, 6) is -3.24. The van der Waals surface area contributed by atoms with Gasteiger partial charge in [-0.2, -0.15) is 22.0 Å². The summed E-state index contributed by atoms with van der Waals surface area (Å²) in [7, 11) is 0. The average Bonchev–Trinajstić information content (AvgIpc) is 3.14. The van der Waals surface area contributed by atoms with E-state index in [-0.39, 0.29) is 16.0 Å². The molecule has 4 amide bonds. The lowest BCUT2D eigenvalue weighted by Crippen LogP contribution is -2.62. The number of halogens is 6. The molecule has 2 aromatic carbocycles. The van der Waals surface area contributed by atoms with Gasteiger partial charge in [0.2, 0.25) is 0 Å². The molecule has 7 nitrogen and oxygen atoms in total. The minimum Gasteiger partial charge on any atom is -0.317 e. The first kappa shape index (κ1) is 24.3. The fourth-order valence-corrected chi connectivity index (χ4v) is 4.44. The number of alkyl halides is 5. The van der Waals surface area contributed by atoms with Crippen molar-refractivity contribution in [1.82, 2.24) is 20.5 Å². The smallest absolute Gasteiger partial charge is 0.317 e. The van der Waals surface area contributed by atoms with E-state index in [9.17, 15) is 31.9 Å². The summed E-state index contributed by atoms with van der Waals surface area (Å²) >= 11 is 0. The zero-order valence-corrected chi connectivity index (χ0v) is 18.4. The largest absolute Gasteiger partial charge is 0.416 e. The highest BCUT2D eigenvalue weighted by Gasteiger charge is 2.62. The molecule has 2 aliphatic heterocycles. The number of pyridine rings is 1. The summed E-state index contributed by atoms with van der Waals surface area (Å²) in [5, 5.41) is 4.22. The third kappa shape index (κ3) is 3.77. The minimum absolute atomic E-state index is 0.0418. The van der Waals surface area contributed by atoms with Crippen molar-refractivity contribution in [3.05, 3.63) is 89.0 Å². The fraction of sp³-hybridized carbons (Fsp3) is 0.167. The van der Waals surface area contributed by atoms with Gasteiger partial charge in [0.05, 0.1) is 23.4 Å². The molecule has 2 N–H and O–H groups in total. The van der Waals surface area contributed by atoms with Crippen LogP contribution in [0.15, 0.2) is 60.8 Å². The van der Waals surface area contributed by atoms with E-state index < -0.39 is 70.4 Å². The molecular formula is C24H14F6N4O3. The second-order valence-corrected chi connectivity index (χ2v) is 8.41. The molecule has 0 bridgehead atoms. The van der Waals surface area contributed by atoms with Gasteiger partial charge < -0.3 is 5.32 Å². The molecule has 190 valence electrons. The number of urea groups is 1. The van der Waals surface area contributed by atoms with Crippen LogP contribution in [0.25, 0.3) is 11.1 Å². The van der Waals surface area contributed by atoms with Crippen molar-refractivity contribution in [3.63, 3.8) is 0 Å². The van der Waals surface area contributed by atoms with Gasteiger partial charge in [0, 0.05) is 11.8 Å². The topological polar surface area (TPSA) is 91.4 Å². The molecular weight excluding hydrogens is 506 g/mol. The summed E-state index contributed by atoms with van der Waals surface area (Å²) in [6.45, 7) is -1.02. The highest BCUT2D eigenvalue weighted by molar-refractivity contribution is 6.09. The number of rotatable bonds is 2. The van der Waals surface area contributed by atoms with Crippen LogP contribution in [-0.4, -0.2) is 34.3 Å². The number of hydrogen-bond acceptors (Lipinski definition) is 4. The molecule has 2 aliphatic rings. The van der Waals surface area contributed by atoms with Crippen molar-refractivity contribution in [2.45, 2.75) is 17.8 Å². The molecule has 1 unspecified atom stereocenters. The summed E-state index contributed by atoms with van der Waals surface area (Å²) in [5.41, 5.74) is -5.15. The third-order valence-electron chi connectivity index (χ3n) is 6.19. The van der Waals surface area contributed by atoms with Gasteiger partial charge in [-0.25, -0.2) is 9.18 Å². The van der Waals surface area contributed by atoms with Crippen LogP contribution in [0.5, 0.6) is 0 Å². The summed E-state index contributed by atoms with van der Waals surface area (Å²) < 4.78 is 84.4. The molecule has 0 aliphatic carbocycles. The van der Waals surface area contributed by atoms with Crippen LogP contribution >= 0.6 is 0 Å². The van der Waals surface area contributed by atoms with Crippen molar-refractivity contribution >= 4 is 17.8 Å². The number of amides is 4. The number of imide groups is 1. The van der Waals surface area contributed by atoms with E-state index in [4.69, 9.17) is 0 Å². The van der Waals surface area contributed by atoms with Crippen molar-refractivity contribution in [1.29, 1.82) is 0 Å². The van der Waals surface area contributed by atoms with Crippen LogP contribution in [0.1, 0.15) is 27.2 Å². The van der Waals surface area contributed by atoms with E-state index in [1.165, 1.54) is 0 Å². The molecule has 13 heteroatoms. The Morgan fingerprint density at radius 2 is 1.73 bits per heavy atom. The molecule has 1 spiro atoms. The zero-order chi connectivity index (χ0) is 26.8. The van der Waals surface area contributed by atoms with Crippen molar-refractivity contribution < 1.29 is 40.7 Å². The van der Waals surface area contributed by atoms with Gasteiger partial charge in [0.1, 0.15) is 5.82 Å². The van der Waals surface area contributed by atoms with Crippen molar-refractivity contribution in [2.24, 2.45) is 0 Å². The lowest BCUT2D eigenvalue weighted by atomic mass is 9.85. The molecule has 5 rings (SSSR count). The highest BCUT2D eigenvalue weighted by atomic mass is 19.4. The van der Waals surface area contributed by atoms with Gasteiger partial charge in [-0.05, 0) is 53.6 Å². The zero-order valence-electron chi connectivity index (χ0n) is 18.4. The number of nitrogens with zero attached hydrogens (tertiary/aromatic N) is 2. The summed E-state index contributed by atoms with van der Waals surface area (Å²) in [4.78, 5) is 42.1. The third-order valence-corrected chi connectivity index (χ3v) is 6.19. The van der Waals surface area contributed by atoms with Crippen LogP contribution in [0, 0.1) is 5.82 Å². The summed E-state index contributed by atoms with van der Waals surface area (Å²) in [6, 6.07) is 3.06. The van der Waals surface area contributed by atoms with Crippen molar-refractivity contribution in [3.8, 4) is 11.1 Å². The second kappa shape index (κ2) is 8.05. The van der Waals surface area contributed by atoms with E-state index in [1.807, 2.05) is 5.32 Å². The molecule has 37 heavy (non-hydrogen) atoms. The fourth-order valence-electron chi connectivity index (χ4n) is 4.44. The number of fused-ring (bicyclic) bond motifs is 2. The van der Waals surface area contributed by atoms with E-state index in [0.29, 0.717) is 12.1 Å². The first-order valence-electron chi connectivity index (χ1n) is 10.6. The van der Waals surface area contributed by atoms with Gasteiger partial charge in [0.15, 0.2) is 5.54 Å². The highest BCUT2D eigenvalue weighted by Crippen LogP contribution is 2.45. The molecule has 1 atom stereocenters. The molecule has 1 fully saturated rings. The molecule has 3 heterocycles. The maximum Gasteiger partial charge on any atom is 0.416 e. The number of carbonyl (C=O) groups is 3. The predicted octanol–water partition coefficient (Wildman–Crippen LogP) is 4.15. The minimum atomic E-state index is -4.66. The van der Waals surface area contributed by atoms with Gasteiger partial charge in [-0.3, -0.25) is 24.8 Å². The van der Waals surface area contributed by atoms with Crippen LogP contribution in [-0.2, 0) is 22.6 Å². The van der Waals surface area contributed by atoms with Gasteiger partial charge in [0.25, 0.3) is 11.8 Å². The molecule has 1 saturated heterocycles. The molecule has 1 aromatic heterocycles. The lowest BCUT2D eigenvalue weighted by Gasteiger charge is -2.43. The van der Waals surface area contributed by atoms with Gasteiger partial charge in [-0.1, -0.05) is 12.1 Å². The Bertz CT molecular complexity index is 1460. The monoisotopic (exact) mass is 520 g/mol. The van der Waals surface area contributed by atoms with E-state index >= 15 is 8.78 Å². The van der Waals surface area contributed by atoms with Crippen molar-refractivity contribution in [2.75, 3.05) is 6.54 Å². The van der Waals surface area contributed by atoms with E-state index in [1.54, 1.807) is 0 Å². The Hall–Kier alpha value is -4.42. The molecule has 0 radical (unpaired) electrons. The van der Waals surface area contributed by atoms with Gasteiger partial charge >= 0.3 is 18.3 Å². The Balaban J connectivity index is 1.63. The van der Waals surface area contributed by atoms with Crippen LogP contribution in [0.3, 0.4) is 0 Å². The number of benzene rings is 2. The Labute approximate surface area is 204 Å². The Morgan fingerprint density at radius 3 is 2.35 bits per heavy atom. The van der Waals surface area contributed by atoms with E-state index in [0.717, 1.165) is 48.7 Å². The van der Waals surface area contributed by atoms with Crippen LogP contribution in [0.4, 0.5) is 31.1 Å². The van der Waals surface area contributed by atoms with Crippen LogP contribution < -0.4 is 10.6 Å². The SMILES string of the molecule is O=C1NC(=O)C2(CN(C(=O)c3ccc(F)cc3-c3ccc(C(F)(F)F)cc3)C(F)(F)c3cccnc32)N1. The number of aromatic nitrogens is 1. The predicted molar refractivity (Wildman–Crippen MR) is 114 cm³/mol. The number of nitrogens with one attached hydrogen (secondary N) is 2. The second-order valence-electron chi connectivity index (χ2n) is 8.41. The lowest BCUT2D eigenvalue weighted by molar-refractivity contribution is -0.155. The molecule has 3 aromatic rings. The number of carbonyl (C=O) groups excluding carboxylic acids is 3. The summed E-state index contributed by atoms with van der Waals surface area (Å²) in [6.07, 6.45) is -3.51. The molecule has 0 saturated carbocycles. The van der Waals surface area contributed by atoms with Gasteiger partial charge in [-0.15, -0.1) is 0 Å². The maximum atomic E-state index is 15.7. The standard InChI is InChI=1S/C24H14F6N4O3/c25-14-7-8-15(16(10-14)12-3-5-13(6-4-12)23(26,27)28)19(35)34-11-22(20(36)32-21(37)33-22)18-17(24(34,29)30)2-1-9-31-18/h1-10H,11H2,(H2,32,33,36,37). The first-order valence-corrected chi connectivity index (χ1v) is 10.6. The Kier molecular flexibility index (Phi) is 5.28. The normalized spacial score (nSPS) is 20.4. The van der Waals surface area contributed by atoms with E-state index in [2.05, 4.69) is 10.3 Å². The first-order chi connectivity index (χ1) is 17.3. The quantitative estimate of drug-likeness (QED) is 0.302. The number of hydrogen-bond donors (Lipinski definition) is 2. The Morgan fingerprint density at radius 1 is 1.03 bits per heavy atom.